The normalized spacial score (nSPS) is 11.4. The van der Waals surface area contributed by atoms with Crippen LogP contribution in [0.15, 0.2) is 118 Å². The van der Waals surface area contributed by atoms with Gasteiger partial charge in [-0.2, -0.15) is 9.41 Å². The number of hydrazone groups is 1. The van der Waals surface area contributed by atoms with Gasteiger partial charge in [-0.3, -0.25) is 9.59 Å². The fraction of sp³-hybridized carbons (Fsp3) is 0.138. The minimum atomic E-state index is -3.93. The number of hydrogen-bond acceptors (Lipinski definition) is 7. The van der Waals surface area contributed by atoms with Gasteiger partial charge in [-0.1, -0.05) is 48.5 Å². The molecule has 206 valence electrons. The first-order valence-electron chi connectivity index (χ1n) is 12.3. The number of ether oxygens (including phenoxy) is 1. The zero-order chi connectivity index (χ0) is 28.2. The number of carbonyl (C=O) groups excluding carboxylic acids is 2. The van der Waals surface area contributed by atoms with Gasteiger partial charge < -0.3 is 14.5 Å². The Morgan fingerprint density at radius 3 is 2.25 bits per heavy atom. The van der Waals surface area contributed by atoms with Gasteiger partial charge in [-0.05, 0) is 59.7 Å². The summed E-state index contributed by atoms with van der Waals surface area (Å²) in [4.78, 5) is 24.7. The van der Waals surface area contributed by atoms with Crippen molar-refractivity contribution in [2.75, 3.05) is 13.2 Å². The van der Waals surface area contributed by atoms with E-state index in [1.807, 2.05) is 6.07 Å². The molecule has 0 bridgehead atoms. The fourth-order valence-electron chi connectivity index (χ4n) is 3.58. The second kappa shape index (κ2) is 13.9. The fourth-order valence-corrected chi connectivity index (χ4v) is 4.98. The summed E-state index contributed by atoms with van der Waals surface area (Å²) >= 11 is 0. The van der Waals surface area contributed by atoms with Gasteiger partial charge in [-0.15, -0.1) is 0 Å². The molecular weight excluding hydrogens is 532 g/mol. The predicted molar refractivity (Wildman–Crippen MR) is 149 cm³/mol. The molecule has 0 aliphatic rings. The maximum absolute atomic E-state index is 13.3. The summed E-state index contributed by atoms with van der Waals surface area (Å²) in [6, 6.07) is 27.2. The van der Waals surface area contributed by atoms with E-state index in [-0.39, 0.29) is 30.5 Å². The van der Waals surface area contributed by atoms with Gasteiger partial charge in [0.1, 0.15) is 11.5 Å². The van der Waals surface area contributed by atoms with Crippen molar-refractivity contribution in [2.24, 2.45) is 5.10 Å². The molecule has 0 unspecified atom stereocenters. The van der Waals surface area contributed by atoms with Crippen LogP contribution in [0.25, 0.3) is 0 Å². The minimum absolute atomic E-state index is 0.0253. The van der Waals surface area contributed by atoms with Crippen molar-refractivity contribution < 1.29 is 27.2 Å². The number of benzene rings is 3. The summed E-state index contributed by atoms with van der Waals surface area (Å²) in [5.41, 5.74) is 3.79. The van der Waals surface area contributed by atoms with Gasteiger partial charge >= 0.3 is 0 Å². The first-order valence-corrected chi connectivity index (χ1v) is 13.8. The van der Waals surface area contributed by atoms with Crippen molar-refractivity contribution in [1.29, 1.82) is 0 Å². The van der Waals surface area contributed by atoms with Gasteiger partial charge in [0.15, 0.2) is 6.61 Å². The Morgan fingerprint density at radius 1 is 0.875 bits per heavy atom. The molecular formula is C29H28N4O6S. The number of sulfonamides is 1. The van der Waals surface area contributed by atoms with Crippen molar-refractivity contribution in [3.05, 3.63) is 120 Å². The van der Waals surface area contributed by atoms with Gasteiger partial charge in [-0.25, -0.2) is 13.8 Å². The van der Waals surface area contributed by atoms with Crippen LogP contribution < -0.4 is 15.5 Å². The first kappa shape index (κ1) is 28.3. The van der Waals surface area contributed by atoms with E-state index in [4.69, 9.17) is 9.15 Å². The van der Waals surface area contributed by atoms with Crippen LogP contribution >= 0.6 is 0 Å². The molecule has 0 aliphatic heterocycles. The standard InChI is InChI=1S/C29H28N4O6S/c34-28(21-33(20-24-8-3-1-4-9-24)40(36,37)27-11-5-2-6-12-27)32-31-18-23-13-15-25(16-14-23)39-22-29(35)30-19-26-10-7-17-38-26/h1-18H,19-22H2,(H,30,35)(H,32,34)/b31-18+. The summed E-state index contributed by atoms with van der Waals surface area (Å²) in [6.07, 6.45) is 2.95. The first-order chi connectivity index (χ1) is 19.4. The summed E-state index contributed by atoms with van der Waals surface area (Å²) in [5.74, 6) is 0.246. The number of furan rings is 1. The quantitative estimate of drug-likeness (QED) is 0.191. The third kappa shape index (κ3) is 8.38. The smallest absolute Gasteiger partial charge is 0.258 e. The number of nitrogens with zero attached hydrogens (tertiary/aromatic N) is 2. The molecule has 4 rings (SSSR count). The highest BCUT2D eigenvalue weighted by Crippen LogP contribution is 2.18. The van der Waals surface area contributed by atoms with Crippen LogP contribution in [0.3, 0.4) is 0 Å². The topological polar surface area (TPSA) is 130 Å². The lowest BCUT2D eigenvalue weighted by molar-refractivity contribution is -0.123. The third-order valence-electron chi connectivity index (χ3n) is 5.60. The van der Waals surface area contributed by atoms with E-state index in [9.17, 15) is 18.0 Å². The summed E-state index contributed by atoms with van der Waals surface area (Å²) in [5, 5.41) is 6.64. The Balaban J connectivity index is 1.29. The summed E-state index contributed by atoms with van der Waals surface area (Å²) in [6.45, 7) is -0.274. The molecule has 0 saturated heterocycles. The Kier molecular flexibility index (Phi) is 9.81. The van der Waals surface area contributed by atoms with Gasteiger partial charge in [0.05, 0.1) is 30.5 Å². The monoisotopic (exact) mass is 560 g/mol. The zero-order valence-electron chi connectivity index (χ0n) is 21.5. The van der Waals surface area contributed by atoms with Gasteiger partial charge in [0.2, 0.25) is 10.0 Å². The van der Waals surface area contributed by atoms with E-state index in [2.05, 4.69) is 15.8 Å². The number of carbonyl (C=O) groups is 2. The Bertz CT molecular complexity index is 1510. The van der Waals surface area contributed by atoms with Crippen molar-refractivity contribution in [1.82, 2.24) is 15.0 Å². The van der Waals surface area contributed by atoms with Gasteiger partial charge in [0, 0.05) is 6.54 Å². The molecule has 10 nitrogen and oxygen atoms in total. The molecule has 1 heterocycles. The largest absolute Gasteiger partial charge is 0.484 e. The Labute approximate surface area is 232 Å². The van der Waals surface area contributed by atoms with Crippen molar-refractivity contribution >= 4 is 28.1 Å². The summed E-state index contributed by atoms with van der Waals surface area (Å²) < 4.78 is 38.2. The predicted octanol–water partition coefficient (Wildman–Crippen LogP) is 3.32. The van der Waals surface area contributed by atoms with Crippen molar-refractivity contribution in [3.63, 3.8) is 0 Å². The zero-order valence-corrected chi connectivity index (χ0v) is 22.3. The average Bonchev–Trinajstić information content (AvgIpc) is 3.50. The van der Waals surface area contributed by atoms with E-state index in [1.165, 1.54) is 24.6 Å². The molecule has 1 aromatic heterocycles. The van der Waals surface area contributed by atoms with Crippen LogP contribution in [-0.4, -0.2) is 43.9 Å². The number of hydrogen-bond donors (Lipinski definition) is 2. The lowest BCUT2D eigenvalue weighted by Crippen LogP contribution is -2.39. The van der Waals surface area contributed by atoms with Crippen LogP contribution in [0.4, 0.5) is 0 Å². The molecule has 4 aromatic rings. The minimum Gasteiger partial charge on any atom is -0.484 e. The lowest BCUT2D eigenvalue weighted by atomic mass is 10.2. The van der Waals surface area contributed by atoms with Crippen LogP contribution in [0.5, 0.6) is 5.75 Å². The highest BCUT2D eigenvalue weighted by atomic mass is 32.2. The van der Waals surface area contributed by atoms with E-state index < -0.39 is 22.5 Å². The third-order valence-corrected chi connectivity index (χ3v) is 7.40. The Morgan fingerprint density at radius 2 is 1.57 bits per heavy atom. The molecule has 0 atom stereocenters. The van der Waals surface area contributed by atoms with Crippen molar-refractivity contribution in [3.8, 4) is 5.75 Å². The van der Waals surface area contributed by atoms with Crippen LogP contribution in [0.1, 0.15) is 16.9 Å². The maximum atomic E-state index is 13.3. The number of rotatable bonds is 13. The molecule has 40 heavy (non-hydrogen) atoms. The van der Waals surface area contributed by atoms with Crippen molar-refractivity contribution in [2.45, 2.75) is 18.0 Å². The molecule has 0 saturated carbocycles. The molecule has 0 aliphatic carbocycles. The van der Waals surface area contributed by atoms with Gasteiger partial charge in [0.25, 0.3) is 11.8 Å². The SMILES string of the molecule is O=C(COc1ccc(/C=N/NC(=O)CN(Cc2ccccc2)S(=O)(=O)c2ccccc2)cc1)NCc1ccco1. The second-order valence-corrected chi connectivity index (χ2v) is 10.5. The van der Waals surface area contributed by atoms with E-state index in [1.54, 1.807) is 78.9 Å². The molecule has 0 fully saturated rings. The number of nitrogens with one attached hydrogen (secondary N) is 2. The Hall–Kier alpha value is -4.74. The molecule has 11 heteroatoms. The molecule has 0 spiro atoms. The molecule has 2 amide bonds. The number of amides is 2. The summed E-state index contributed by atoms with van der Waals surface area (Å²) in [7, 11) is -3.93. The van der Waals surface area contributed by atoms with E-state index >= 15 is 0 Å². The molecule has 2 N–H and O–H groups in total. The van der Waals surface area contributed by atoms with E-state index in [0.717, 1.165) is 9.87 Å². The van der Waals surface area contributed by atoms with Crippen LogP contribution in [-0.2, 0) is 32.7 Å². The second-order valence-electron chi connectivity index (χ2n) is 8.58. The molecule has 3 aromatic carbocycles. The average molecular weight is 561 g/mol. The lowest BCUT2D eigenvalue weighted by Gasteiger charge is -2.21. The molecule has 0 radical (unpaired) electrons. The maximum Gasteiger partial charge on any atom is 0.258 e. The van der Waals surface area contributed by atoms with Crippen LogP contribution in [0.2, 0.25) is 0 Å². The van der Waals surface area contributed by atoms with Crippen LogP contribution in [0, 0.1) is 0 Å². The van der Waals surface area contributed by atoms with E-state index in [0.29, 0.717) is 17.1 Å². The highest BCUT2D eigenvalue weighted by Gasteiger charge is 2.26. The highest BCUT2D eigenvalue weighted by molar-refractivity contribution is 7.89.